The molecule has 1 aromatic carbocycles. The van der Waals surface area contributed by atoms with Gasteiger partial charge in [-0.1, -0.05) is 17.7 Å². The highest BCUT2D eigenvalue weighted by Crippen LogP contribution is 2.38. The molecule has 4 rings (SSSR count). The first-order chi connectivity index (χ1) is 16.3. The summed E-state index contributed by atoms with van der Waals surface area (Å²) >= 11 is 6.13. The molecule has 186 valence electrons. The number of nitrogens with zero attached hydrogens (tertiary/aromatic N) is 3. The molecular formula is C24H21ClF5N3O2. The van der Waals surface area contributed by atoms with Gasteiger partial charge in [-0.3, -0.25) is 0 Å². The number of rotatable bonds is 2. The summed E-state index contributed by atoms with van der Waals surface area (Å²) < 4.78 is 74.9. The first kappa shape index (κ1) is 25.0. The van der Waals surface area contributed by atoms with Crippen LogP contribution in [0.4, 0.5) is 32.4 Å². The number of benzene rings is 1. The number of anilines is 1. The van der Waals surface area contributed by atoms with Crippen LogP contribution >= 0.6 is 11.6 Å². The first-order valence-corrected chi connectivity index (χ1v) is 11.0. The molecule has 0 N–H and O–H groups in total. The lowest BCUT2D eigenvalue weighted by molar-refractivity contribution is -0.141. The molecule has 3 aromatic rings. The number of alkyl halides is 3. The van der Waals surface area contributed by atoms with Crippen molar-refractivity contribution in [1.82, 2.24) is 9.55 Å². The van der Waals surface area contributed by atoms with Crippen molar-refractivity contribution >= 4 is 23.4 Å². The molecule has 2 aromatic heterocycles. The largest absolute Gasteiger partial charge is 0.443 e. The second-order valence-corrected chi connectivity index (χ2v) is 9.51. The second-order valence-electron chi connectivity index (χ2n) is 9.10. The Kier molecular flexibility index (Phi) is 6.29. The minimum absolute atomic E-state index is 0.0154. The highest BCUT2D eigenvalue weighted by Gasteiger charge is 2.34. The number of halogens is 6. The molecule has 5 nitrogen and oxygen atoms in total. The van der Waals surface area contributed by atoms with E-state index in [1.807, 2.05) is 0 Å². The van der Waals surface area contributed by atoms with Crippen molar-refractivity contribution in [1.29, 1.82) is 0 Å². The van der Waals surface area contributed by atoms with E-state index >= 15 is 0 Å². The second kappa shape index (κ2) is 8.82. The predicted octanol–water partition coefficient (Wildman–Crippen LogP) is 6.85. The quantitative estimate of drug-likeness (QED) is 0.352. The molecule has 0 saturated heterocycles. The Balaban J connectivity index is 1.78. The molecule has 0 unspecified atom stereocenters. The summed E-state index contributed by atoms with van der Waals surface area (Å²) in [5, 5.41) is -0.136. The van der Waals surface area contributed by atoms with Crippen LogP contribution in [0.5, 0.6) is 0 Å². The van der Waals surface area contributed by atoms with Crippen molar-refractivity contribution in [3.63, 3.8) is 0 Å². The van der Waals surface area contributed by atoms with Crippen LogP contribution in [-0.4, -0.2) is 27.8 Å². The van der Waals surface area contributed by atoms with Gasteiger partial charge in [0.2, 0.25) is 0 Å². The number of fused-ring (bicyclic) bond motifs is 1. The van der Waals surface area contributed by atoms with Gasteiger partial charge in [0.15, 0.2) is 0 Å². The third kappa shape index (κ3) is 4.98. The Morgan fingerprint density at radius 1 is 1.11 bits per heavy atom. The fraction of sp³-hybridized carbons (Fsp3) is 0.333. The van der Waals surface area contributed by atoms with E-state index < -0.39 is 35.2 Å². The summed E-state index contributed by atoms with van der Waals surface area (Å²) in [5.74, 6) is -1.70. The van der Waals surface area contributed by atoms with Crippen LogP contribution in [0.1, 0.15) is 37.7 Å². The Bertz CT molecular complexity index is 1280. The maximum Gasteiger partial charge on any atom is 0.433 e. The number of hydrogen-bond donors (Lipinski definition) is 0. The zero-order valence-electron chi connectivity index (χ0n) is 19.0. The van der Waals surface area contributed by atoms with Gasteiger partial charge >= 0.3 is 12.3 Å². The molecule has 0 saturated carbocycles. The molecule has 0 spiro atoms. The van der Waals surface area contributed by atoms with Crippen LogP contribution in [0.15, 0.2) is 36.5 Å². The molecule has 35 heavy (non-hydrogen) atoms. The maximum absolute atomic E-state index is 14.7. The SMILES string of the molecule is CC(C)(C)OC(=O)n1c(-c2c(F)cccc2F)cc2c1CCN(c1cnc(C(F)(F)F)cc1Cl)C2. The Labute approximate surface area is 203 Å². The standard InChI is InChI=1S/C24H21ClF5N3O2/c1-23(2,3)35-22(34)33-17-7-8-32(19-11-31-20(10-14(19)25)24(28,29)30)12-13(17)9-18(33)21-15(26)5-4-6-16(21)27/h4-6,9-11H,7-8,12H2,1-3H3. The lowest BCUT2D eigenvalue weighted by Crippen LogP contribution is -2.34. The molecule has 0 radical (unpaired) electrons. The maximum atomic E-state index is 14.7. The van der Waals surface area contributed by atoms with E-state index in [0.29, 0.717) is 11.3 Å². The summed E-state index contributed by atoms with van der Waals surface area (Å²) in [6.07, 6.45) is -4.15. The number of ether oxygens (including phenoxy) is 1. The molecule has 0 aliphatic carbocycles. The summed E-state index contributed by atoms with van der Waals surface area (Å²) in [7, 11) is 0. The zero-order valence-corrected chi connectivity index (χ0v) is 19.8. The summed E-state index contributed by atoms with van der Waals surface area (Å²) in [6, 6.07) is 5.63. The van der Waals surface area contributed by atoms with E-state index in [9.17, 15) is 26.7 Å². The van der Waals surface area contributed by atoms with E-state index in [-0.39, 0.29) is 41.5 Å². The van der Waals surface area contributed by atoms with Crippen LogP contribution in [-0.2, 0) is 23.9 Å². The average Bonchev–Trinajstić information content (AvgIpc) is 3.10. The van der Waals surface area contributed by atoms with Gasteiger partial charge in [-0.15, -0.1) is 0 Å². The number of carbonyl (C=O) groups is 1. The fourth-order valence-electron chi connectivity index (χ4n) is 4.00. The van der Waals surface area contributed by atoms with Gasteiger partial charge in [0, 0.05) is 25.2 Å². The smallest absolute Gasteiger partial charge is 0.433 e. The van der Waals surface area contributed by atoms with E-state index in [4.69, 9.17) is 16.3 Å². The van der Waals surface area contributed by atoms with E-state index in [0.717, 1.165) is 29.0 Å². The number of aromatic nitrogens is 2. The third-order valence-electron chi connectivity index (χ3n) is 5.43. The van der Waals surface area contributed by atoms with Crippen molar-refractivity contribution < 1.29 is 31.5 Å². The van der Waals surface area contributed by atoms with Crippen molar-refractivity contribution in [2.45, 2.75) is 45.5 Å². The molecule has 11 heteroatoms. The molecular weight excluding hydrogens is 493 g/mol. The zero-order chi connectivity index (χ0) is 25.7. The van der Waals surface area contributed by atoms with Gasteiger partial charge < -0.3 is 9.64 Å². The average molecular weight is 514 g/mol. The van der Waals surface area contributed by atoms with Crippen molar-refractivity contribution in [2.75, 3.05) is 11.4 Å². The molecule has 0 amide bonds. The molecule has 0 bridgehead atoms. The van der Waals surface area contributed by atoms with Crippen molar-refractivity contribution in [3.05, 3.63) is 70.1 Å². The van der Waals surface area contributed by atoms with Crippen LogP contribution < -0.4 is 4.90 Å². The van der Waals surface area contributed by atoms with Gasteiger partial charge in [-0.2, -0.15) is 13.2 Å². The summed E-state index contributed by atoms with van der Waals surface area (Å²) in [6.45, 7) is 5.41. The topological polar surface area (TPSA) is 47.4 Å². The van der Waals surface area contributed by atoms with E-state index in [1.165, 1.54) is 12.1 Å². The molecule has 1 aliphatic heterocycles. The summed E-state index contributed by atoms with van der Waals surface area (Å²) in [5.41, 5.74) is -1.06. The Morgan fingerprint density at radius 2 is 1.77 bits per heavy atom. The van der Waals surface area contributed by atoms with Gasteiger partial charge in [-0.05, 0) is 50.6 Å². The first-order valence-electron chi connectivity index (χ1n) is 10.6. The van der Waals surface area contributed by atoms with E-state index in [2.05, 4.69) is 4.98 Å². The van der Waals surface area contributed by atoms with Crippen LogP contribution in [0.25, 0.3) is 11.3 Å². The van der Waals surface area contributed by atoms with Gasteiger partial charge in [-0.25, -0.2) is 23.1 Å². The van der Waals surface area contributed by atoms with Gasteiger partial charge in [0.25, 0.3) is 0 Å². The monoisotopic (exact) mass is 513 g/mol. The normalized spacial score (nSPS) is 14.1. The van der Waals surface area contributed by atoms with Gasteiger partial charge in [0.1, 0.15) is 22.9 Å². The highest BCUT2D eigenvalue weighted by molar-refractivity contribution is 6.33. The van der Waals surface area contributed by atoms with Crippen molar-refractivity contribution in [2.24, 2.45) is 0 Å². The lowest BCUT2D eigenvalue weighted by atomic mass is 10.1. The third-order valence-corrected chi connectivity index (χ3v) is 5.74. The Hall–Kier alpha value is -3.14. The minimum atomic E-state index is -4.64. The van der Waals surface area contributed by atoms with Gasteiger partial charge in [0.05, 0.1) is 28.2 Å². The minimum Gasteiger partial charge on any atom is -0.443 e. The van der Waals surface area contributed by atoms with Crippen molar-refractivity contribution in [3.8, 4) is 11.3 Å². The molecule has 3 heterocycles. The van der Waals surface area contributed by atoms with Crippen LogP contribution in [0.3, 0.4) is 0 Å². The predicted molar refractivity (Wildman–Crippen MR) is 120 cm³/mol. The summed E-state index contributed by atoms with van der Waals surface area (Å²) in [4.78, 5) is 18.3. The fourth-order valence-corrected chi connectivity index (χ4v) is 4.27. The molecule has 1 aliphatic rings. The highest BCUT2D eigenvalue weighted by atomic mass is 35.5. The molecule has 0 fully saturated rings. The molecule has 0 atom stereocenters. The lowest BCUT2D eigenvalue weighted by Gasteiger charge is -2.30. The number of pyridine rings is 1. The number of carbonyl (C=O) groups excluding carboxylic acids is 1. The van der Waals surface area contributed by atoms with Crippen LogP contribution in [0.2, 0.25) is 5.02 Å². The Morgan fingerprint density at radius 3 is 2.34 bits per heavy atom. The number of hydrogen-bond acceptors (Lipinski definition) is 4. The van der Waals surface area contributed by atoms with E-state index in [1.54, 1.807) is 25.7 Å². The van der Waals surface area contributed by atoms with Crippen LogP contribution in [0, 0.1) is 11.6 Å².